The van der Waals surface area contributed by atoms with Gasteiger partial charge >= 0.3 is 0 Å². The summed E-state index contributed by atoms with van der Waals surface area (Å²) >= 11 is 5.86. The summed E-state index contributed by atoms with van der Waals surface area (Å²) in [6, 6.07) is 6.41. The molecule has 0 saturated carbocycles. The zero-order valence-electron chi connectivity index (χ0n) is 11.8. The topological polar surface area (TPSA) is 40.6 Å². The van der Waals surface area contributed by atoms with Crippen LogP contribution in [0.2, 0.25) is 5.02 Å². The molecule has 112 valence electrons. The summed E-state index contributed by atoms with van der Waals surface area (Å²) in [6.45, 7) is 3.45. The third kappa shape index (κ3) is 3.95. The van der Waals surface area contributed by atoms with Gasteiger partial charge in [-0.25, -0.2) is 8.42 Å². The molecule has 1 heterocycles. The Morgan fingerprint density at radius 1 is 1.25 bits per heavy atom. The normalized spacial score (nSPS) is 17.6. The lowest BCUT2D eigenvalue weighted by atomic mass is 10.1. The Morgan fingerprint density at radius 3 is 2.60 bits per heavy atom. The van der Waals surface area contributed by atoms with Gasteiger partial charge < -0.3 is 4.90 Å². The molecule has 1 aromatic rings. The second-order valence-corrected chi connectivity index (χ2v) is 7.67. The van der Waals surface area contributed by atoms with Crippen molar-refractivity contribution in [2.24, 2.45) is 0 Å². The van der Waals surface area contributed by atoms with Crippen LogP contribution in [0.1, 0.15) is 19.3 Å². The monoisotopic (exact) mass is 316 g/mol. The molecule has 0 spiro atoms. The number of piperidine rings is 1. The summed E-state index contributed by atoms with van der Waals surface area (Å²) in [6.07, 6.45) is 3.71. The molecule has 0 bridgehead atoms. The Kier molecular flexibility index (Phi) is 5.43. The Labute approximate surface area is 126 Å². The standard InChI is InChI=1S/C14H21ClN2O2S/c1-16(10-11-17-8-3-2-4-9-17)20(18,19)14-7-5-6-13(15)12-14/h5-7,12H,2-4,8-11H2,1H3. The van der Waals surface area contributed by atoms with Crippen molar-refractivity contribution in [2.75, 3.05) is 33.2 Å². The summed E-state index contributed by atoms with van der Waals surface area (Å²) < 4.78 is 26.2. The largest absolute Gasteiger partial charge is 0.302 e. The van der Waals surface area contributed by atoms with E-state index in [1.54, 1.807) is 25.2 Å². The molecule has 0 radical (unpaired) electrons. The van der Waals surface area contributed by atoms with Gasteiger partial charge in [-0.2, -0.15) is 4.31 Å². The van der Waals surface area contributed by atoms with Crippen molar-refractivity contribution < 1.29 is 8.42 Å². The smallest absolute Gasteiger partial charge is 0.242 e. The van der Waals surface area contributed by atoms with Gasteiger partial charge in [0.2, 0.25) is 10.0 Å². The zero-order chi connectivity index (χ0) is 14.6. The van der Waals surface area contributed by atoms with E-state index in [4.69, 9.17) is 11.6 Å². The number of likely N-dealkylation sites (N-methyl/N-ethyl adjacent to an activating group) is 1. The second kappa shape index (κ2) is 6.89. The molecule has 4 nitrogen and oxygen atoms in total. The molecule has 0 unspecified atom stereocenters. The van der Waals surface area contributed by atoms with E-state index in [1.165, 1.54) is 29.6 Å². The van der Waals surface area contributed by atoms with Gasteiger partial charge in [-0.3, -0.25) is 0 Å². The minimum Gasteiger partial charge on any atom is -0.302 e. The second-order valence-electron chi connectivity index (χ2n) is 5.19. The van der Waals surface area contributed by atoms with E-state index in [9.17, 15) is 8.42 Å². The van der Waals surface area contributed by atoms with Crippen LogP contribution in [-0.2, 0) is 10.0 Å². The quantitative estimate of drug-likeness (QED) is 0.838. The van der Waals surface area contributed by atoms with Gasteiger partial charge in [0.15, 0.2) is 0 Å². The molecule has 0 aromatic heterocycles. The van der Waals surface area contributed by atoms with Crippen LogP contribution in [0.3, 0.4) is 0 Å². The molecule has 1 aliphatic rings. The van der Waals surface area contributed by atoms with E-state index in [0.717, 1.165) is 19.6 Å². The number of rotatable bonds is 5. The Balaban J connectivity index is 1.98. The minimum atomic E-state index is -3.44. The van der Waals surface area contributed by atoms with E-state index in [1.807, 2.05) is 0 Å². The van der Waals surface area contributed by atoms with Gasteiger partial charge in [0, 0.05) is 25.2 Å². The summed E-state index contributed by atoms with van der Waals surface area (Å²) in [5.74, 6) is 0. The van der Waals surface area contributed by atoms with E-state index >= 15 is 0 Å². The number of hydrogen-bond donors (Lipinski definition) is 0. The van der Waals surface area contributed by atoms with E-state index < -0.39 is 10.0 Å². The lowest BCUT2D eigenvalue weighted by molar-refractivity contribution is 0.218. The number of sulfonamides is 1. The maximum absolute atomic E-state index is 12.4. The zero-order valence-corrected chi connectivity index (χ0v) is 13.3. The highest BCUT2D eigenvalue weighted by atomic mass is 35.5. The molecule has 0 N–H and O–H groups in total. The maximum atomic E-state index is 12.4. The third-order valence-electron chi connectivity index (χ3n) is 3.68. The fourth-order valence-corrected chi connectivity index (χ4v) is 3.86. The number of halogens is 1. The van der Waals surface area contributed by atoms with Gasteiger partial charge in [-0.1, -0.05) is 24.1 Å². The molecule has 0 amide bonds. The first kappa shape index (κ1) is 15.8. The van der Waals surface area contributed by atoms with Crippen LogP contribution in [-0.4, -0.2) is 50.8 Å². The van der Waals surface area contributed by atoms with Crippen molar-refractivity contribution in [1.82, 2.24) is 9.21 Å². The lowest BCUT2D eigenvalue weighted by Crippen LogP contribution is -2.38. The number of nitrogens with zero attached hydrogens (tertiary/aromatic N) is 2. The Hall–Kier alpha value is -0.620. The Morgan fingerprint density at radius 2 is 1.95 bits per heavy atom. The van der Waals surface area contributed by atoms with Crippen LogP contribution in [0.4, 0.5) is 0 Å². The summed E-state index contributed by atoms with van der Waals surface area (Å²) in [5, 5.41) is 0.440. The minimum absolute atomic E-state index is 0.256. The Bertz CT molecular complexity index is 542. The van der Waals surface area contributed by atoms with Crippen molar-refractivity contribution in [3.8, 4) is 0 Å². The average Bonchev–Trinajstić information content (AvgIpc) is 2.45. The summed E-state index contributed by atoms with van der Waals surface area (Å²) in [4.78, 5) is 2.58. The van der Waals surface area contributed by atoms with Crippen LogP contribution in [0, 0.1) is 0 Å². The van der Waals surface area contributed by atoms with Crippen LogP contribution in [0.25, 0.3) is 0 Å². The van der Waals surface area contributed by atoms with Gasteiger partial charge in [-0.15, -0.1) is 0 Å². The fraction of sp³-hybridized carbons (Fsp3) is 0.571. The molecular formula is C14H21ClN2O2S. The van der Waals surface area contributed by atoms with Gasteiger partial charge in [0.1, 0.15) is 0 Å². The molecule has 0 atom stereocenters. The third-order valence-corrected chi connectivity index (χ3v) is 5.77. The average molecular weight is 317 g/mol. The molecule has 1 aliphatic heterocycles. The SMILES string of the molecule is CN(CCN1CCCCC1)S(=O)(=O)c1cccc(Cl)c1. The molecule has 0 aliphatic carbocycles. The lowest BCUT2D eigenvalue weighted by Gasteiger charge is -2.28. The van der Waals surface area contributed by atoms with E-state index in [2.05, 4.69) is 4.90 Å². The van der Waals surface area contributed by atoms with Crippen molar-refractivity contribution in [1.29, 1.82) is 0 Å². The van der Waals surface area contributed by atoms with Crippen molar-refractivity contribution >= 4 is 21.6 Å². The molecule has 2 rings (SSSR count). The summed E-state index contributed by atoms with van der Waals surface area (Å²) in [5.41, 5.74) is 0. The highest BCUT2D eigenvalue weighted by molar-refractivity contribution is 7.89. The van der Waals surface area contributed by atoms with E-state index in [0.29, 0.717) is 11.6 Å². The van der Waals surface area contributed by atoms with Crippen LogP contribution >= 0.6 is 11.6 Å². The first-order chi connectivity index (χ1) is 9.50. The molecule has 20 heavy (non-hydrogen) atoms. The first-order valence-corrected chi connectivity index (χ1v) is 8.76. The van der Waals surface area contributed by atoms with Crippen LogP contribution in [0.5, 0.6) is 0 Å². The van der Waals surface area contributed by atoms with Crippen LogP contribution in [0.15, 0.2) is 29.2 Å². The maximum Gasteiger partial charge on any atom is 0.242 e. The van der Waals surface area contributed by atoms with Gasteiger partial charge in [0.25, 0.3) is 0 Å². The first-order valence-electron chi connectivity index (χ1n) is 6.94. The molecule has 1 fully saturated rings. The fourth-order valence-electron chi connectivity index (χ4n) is 2.39. The summed E-state index contributed by atoms with van der Waals surface area (Å²) in [7, 11) is -1.81. The van der Waals surface area contributed by atoms with Crippen LogP contribution < -0.4 is 0 Å². The van der Waals surface area contributed by atoms with Gasteiger partial charge in [-0.05, 0) is 44.1 Å². The van der Waals surface area contributed by atoms with Crippen molar-refractivity contribution in [3.63, 3.8) is 0 Å². The number of hydrogen-bond acceptors (Lipinski definition) is 3. The molecular weight excluding hydrogens is 296 g/mol. The molecule has 1 aromatic carbocycles. The van der Waals surface area contributed by atoms with Crippen molar-refractivity contribution in [2.45, 2.75) is 24.2 Å². The van der Waals surface area contributed by atoms with Gasteiger partial charge in [0.05, 0.1) is 4.90 Å². The highest BCUT2D eigenvalue weighted by Crippen LogP contribution is 2.18. The number of likely N-dealkylation sites (tertiary alicyclic amines) is 1. The molecule has 6 heteroatoms. The van der Waals surface area contributed by atoms with Crippen molar-refractivity contribution in [3.05, 3.63) is 29.3 Å². The highest BCUT2D eigenvalue weighted by Gasteiger charge is 2.21. The predicted octanol–water partition coefficient (Wildman–Crippen LogP) is 2.45. The predicted molar refractivity (Wildman–Crippen MR) is 81.6 cm³/mol. The van der Waals surface area contributed by atoms with E-state index in [-0.39, 0.29) is 4.90 Å². The number of benzene rings is 1. The molecule has 1 saturated heterocycles.